The molecule has 0 aromatic heterocycles. The summed E-state index contributed by atoms with van der Waals surface area (Å²) in [5, 5.41) is 0. The van der Waals surface area contributed by atoms with E-state index >= 15 is 0 Å². The van der Waals surface area contributed by atoms with Gasteiger partial charge in [-0.3, -0.25) is 4.57 Å². The fraction of sp³-hybridized carbons (Fsp3) is 0.700. The van der Waals surface area contributed by atoms with Crippen molar-refractivity contribution in [2.75, 3.05) is 6.16 Å². The molecule has 0 saturated heterocycles. The van der Waals surface area contributed by atoms with Gasteiger partial charge in [-0.1, -0.05) is 101 Å². The second kappa shape index (κ2) is 13.6. The maximum Gasteiger partial charge on any atom is 0.328 e. The van der Waals surface area contributed by atoms with Crippen LogP contribution in [0.15, 0.2) is 30.3 Å². The molecule has 24 heavy (non-hydrogen) atoms. The van der Waals surface area contributed by atoms with E-state index in [0.717, 1.165) is 24.8 Å². The molecule has 0 heterocycles. The van der Waals surface area contributed by atoms with Gasteiger partial charge in [0.2, 0.25) is 0 Å². The number of rotatable bonds is 15. The van der Waals surface area contributed by atoms with Crippen molar-refractivity contribution in [1.82, 2.24) is 0 Å². The van der Waals surface area contributed by atoms with E-state index in [1.165, 1.54) is 51.4 Å². The quantitative estimate of drug-likeness (QED) is 0.281. The second-order valence-corrected chi connectivity index (χ2v) is 8.64. The predicted molar refractivity (Wildman–Crippen MR) is 102 cm³/mol. The van der Waals surface area contributed by atoms with Crippen LogP contribution in [0.5, 0.6) is 0 Å². The van der Waals surface area contributed by atoms with Crippen molar-refractivity contribution in [3.05, 3.63) is 35.9 Å². The van der Waals surface area contributed by atoms with Crippen LogP contribution < -0.4 is 0 Å². The summed E-state index contributed by atoms with van der Waals surface area (Å²) in [6.07, 6.45) is 13.9. The van der Waals surface area contributed by atoms with Crippen LogP contribution in [0.4, 0.5) is 0 Å². The standard InChI is InChI=1S/C20H35O3P/c1-2-3-4-5-6-7-8-9-10-11-15-18-24(21,22)23-19-20-16-13-12-14-17-20/h12-14,16-17H,2-11,15,18-19H2,1H3,(H,21,22). The van der Waals surface area contributed by atoms with Gasteiger partial charge in [-0.15, -0.1) is 0 Å². The summed E-state index contributed by atoms with van der Waals surface area (Å²) < 4.78 is 17.2. The molecule has 1 atom stereocenters. The van der Waals surface area contributed by atoms with E-state index in [1.54, 1.807) is 0 Å². The normalized spacial score (nSPS) is 13.8. The van der Waals surface area contributed by atoms with E-state index in [1.807, 2.05) is 30.3 Å². The Hall–Kier alpha value is -0.630. The zero-order chi connectivity index (χ0) is 17.5. The number of unbranched alkanes of at least 4 members (excludes halogenated alkanes) is 10. The van der Waals surface area contributed by atoms with Crippen LogP contribution in [0.1, 0.15) is 83.1 Å². The molecule has 0 fully saturated rings. The number of hydrogen-bond acceptors (Lipinski definition) is 2. The summed E-state index contributed by atoms with van der Waals surface area (Å²) in [6.45, 7) is 2.46. The van der Waals surface area contributed by atoms with Crippen molar-refractivity contribution >= 4 is 7.60 Å². The first-order valence-electron chi connectivity index (χ1n) is 9.64. The molecule has 0 spiro atoms. The fourth-order valence-electron chi connectivity index (χ4n) is 2.79. The molecule has 0 aliphatic carbocycles. The van der Waals surface area contributed by atoms with Crippen LogP contribution in [0.3, 0.4) is 0 Å². The van der Waals surface area contributed by atoms with E-state index in [9.17, 15) is 9.46 Å². The molecule has 1 unspecified atom stereocenters. The third-order valence-electron chi connectivity index (χ3n) is 4.32. The van der Waals surface area contributed by atoms with Crippen molar-refractivity contribution in [1.29, 1.82) is 0 Å². The van der Waals surface area contributed by atoms with Crippen molar-refractivity contribution in [3.63, 3.8) is 0 Å². The molecule has 1 rings (SSSR count). The summed E-state index contributed by atoms with van der Waals surface area (Å²) in [7, 11) is -3.44. The summed E-state index contributed by atoms with van der Waals surface area (Å²) >= 11 is 0. The molecule has 0 aliphatic rings. The first-order valence-corrected chi connectivity index (χ1v) is 11.4. The zero-order valence-corrected chi connectivity index (χ0v) is 16.2. The van der Waals surface area contributed by atoms with Gasteiger partial charge in [0.05, 0.1) is 6.61 Å². The molecule has 3 nitrogen and oxygen atoms in total. The van der Waals surface area contributed by atoms with Crippen molar-refractivity contribution in [2.24, 2.45) is 0 Å². The molecule has 0 radical (unpaired) electrons. The average molecular weight is 354 g/mol. The van der Waals surface area contributed by atoms with Gasteiger partial charge in [-0.05, 0) is 12.0 Å². The van der Waals surface area contributed by atoms with Crippen LogP contribution >= 0.6 is 7.60 Å². The molecule has 0 saturated carbocycles. The smallest absolute Gasteiger partial charge is 0.324 e. The van der Waals surface area contributed by atoms with Crippen LogP contribution in [-0.4, -0.2) is 11.1 Å². The summed E-state index contributed by atoms with van der Waals surface area (Å²) in [4.78, 5) is 9.85. The third-order valence-corrected chi connectivity index (χ3v) is 5.73. The molecule has 0 amide bonds. The van der Waals surface area contributed by atoms with Crippen LogP contribution in [0.25, 0.3) is 0 Å². The van der Waals surface area contributed by atoms with Gasteiger partial charge in [0.15, 0.2) is 0 Å². The van der Waals surface area contributed by atoms with Crippen molar-refractivity contribution < 1.29 is 14.0 Å². The third kappa shape index (κ3) is 11.8. The van der Waals surface area contributed by atoms with Crippen molar-refractivity contribution in [3.8, 4) is 0 Å². The molecule has 1 aromatic carbocycles. The lowest BCUT2D eigenvalue weighted by Gasteiger charge is -2.12. The highest BCUT2D eigenvalue weighted by molar-refractivity contribution is 7.52. The van der Waals surface area contributed by atoms with Gasteiger partial charge in [0, 0.05) is 6.16 Å². The molecular formula is C20H35O3P. The Morgan fingerprint density at radius 3 is 1.88 bits per heavy atom. The Labute approximate surface area is 148 Å². The summed E-state index contributed by atoms with van der Waals surface area (Å²) in [5.41, 5.74) is 0.936. The lowest BCUT2D eigenvalue weighted by molar-refractivity contribution is 0.249. The topological polar surface area (TPSA) is 46.5 Å². The van der Waals surface area contributed by atoms with Gasteiger partial charge in [-0.25, -0.2) is 0 Å². The average Bonchev–Trinajstić information content (AvgIpc) is 2.59. The largest absolute Gasteiger partial charge is 0.328 e. The van der Waals surface area contributed by atoms with Crippen molar-refractivity contribution in [2.45, 2.75) is 84.2 Å². The monoisotopic (exact) mass is 354 g/mol. The Kier molecular flexibility index (Phi) is 12.2. The summed E-state index contributed by atoms with van der Waals surface area (Å²) in [6, 6.07) is 9.55. The van der Waals surface area contributed by atoms with Crippen LogP contribution in [-0.2, 0) is 15.7 Å². The highest BCUT2D eigenvalue weighted by Gasteiger charge is 2.18. The van der Waals surface area contributed by atoms with E-state index < -0.39 is 7.60 Å². The maximum atomic E-state index is 12.0. The molecule has 0 bridgehead atoms. The maximum absolute atomic E-state index is 12.0. The SMILES string of the molecule is CCCCCCCCCCCCCP(=O)(O)OCc1ccccc1. The van der Waals surface area contributed by atoms with E-state index in [0.29, 0.717) is 0 Å². The number of hydrogen-bond donors (Lipinski definition) is 1. The predicted octanol–water partition coefficient (Wildman–Crippen LogP) is 6.70. The minimum absolute atomic E-state index is 0.215. The molecule has 1 aromatic rings. The first-order chi connectivity index (χ1) is 11.6. The van der Waals surface area contributed by atoms with Crippen LogP contribution in [0, 0.1) is 0 Å². The highest BCUT2D eigenvalue weighted by Crippen LogP contribution is 2.43. The lowest BCUT2D eigenvalue weighted by Crippen LogP contribution is -1.96. The molecular weight excluding hydrogens is 319 g/mol. The van der Waals surface area contributed by atoms with Gasteiger partial charge in [0.25, 0.3) is 0 Å². The van der Waals surface area contributed by atoms with Gasteiger partial charge in [0.1, 0.15) is 0 Å². The Morgan fingerprint density at radius 2 is 1.33 bits per heavy atom. The Bertz CT molecular complexity index is 447. The summed E-state index contributed by atoms with van der Waals surface area (Å²) in [5.74, 6) is 0. The van der Waals surface area contributed by atoms with Gasteiger partial charge < -0.3 is 9.42 Å². The van der Waals surface area contributed by atoms with Gasteiger partial charge in [-0.2, -0.15) is 0 Å². The molecule has 138 valence electrons. The first kappa shape index (κ1) is 21.4. The Morgan fingerprint density at radius 1 is 0.833 bits per heavy atom. The minimum atomic E-state index is -3.44. The van der Waals surface area contributed by atoms with E-state index in [-0.39, 0.29) is 12.8 Å². The Balaban J connectivity index is 1.95. The second-order valence-electron chi connectivity index (χ2n) is 6.66. The molecule has 4 heteroatoms. The minimum Gasteiger partial charge on any atom is -0.324 e. The van der Waals surface area contributed by atoms with E-state index in [2.05, 4.69) is 6.92 Å². The lowest BCUT2D eigenvalue weighted by atomic mass is 10.1. The molecule has 1 N–H and O–H groups in total. The number of benzene rings is 1. The molecule has 0 aliphatic heterocycles. The highest BCUT2D eigenvalue weighted by atomic mass is 31.2. The van der Waals surface area contributed by atoms with Gasteiger partial charge >= 0.3 is 7.60 Å². The zero-order valence-electron chi connectivity index (χ0n) is 15.3. The van der Waals surface area contributed by atoms with E-state index in [4.69, 9.17) is 4.52 Å². The van der Waals surface area contributed by atoms with Crippen LogP contribution in [0.2, 0.25) is 0 Å². The fourth-order valence-corrected chi connectivity index (χ4v) is 3.89.